The molecule has 2 aromatic carbocycles. The van der Waals surface area contributed by atoms with Crippen molar-refractivity contribution in [2.75, 3.05) is 12.4 Å². The lowest BCUT2D eigenvalue weighted by Gasteiger charge is -2.08. The van der Waals surface area contributed by atoms with Crippen molar-refractivity contribution in [3.63, 3.8) is 0 Å². The Morgan fingerprint density at radius 3 is 2.80 bits per heavy atom. The van der Waals surface area contributed by atoms with Gasteiger partial charge in [0, 0.05) is 18.7 Å². The number of ether oxygens (including phenoxy) is 1. The molecule has 0 spiro atoms. The van der Waals surface area contributed by atoms with Gasteiger partial charge in [0.1, 0.15) is 5.75 Å². The van der Waals surface area contributed by atoms with Gasteiger partial charge >= 0.3 is 0 Å². The fraction of sp³-hybridized carbons (Fsp3) is 0.222. The number of nitrogens with one attached hydrogen (secondary N) is 1. The number of aryl methyl sites for hydroxylation is 1. The van der Waals surface area contributed by atoms with Crippen molar-refractivity contribution in [2.45, 2.75) is 19.4 Å². The third-order valence-corrected chi connectivity index (χ3v) is 5.17. The quantitative estimate of drug-likeness (QED) is 0.703. The fourth-order valence-electron chi connectivity index (χ4n) is 2.52. The number of amides is 1. The molecule has 0 radical (unpaired) electrons. The minimum Gasteiger partial charge on any atom is -0.495 e. The second-order valence-electron chi connectivity index (χ2n) is 5.50. The van der Waals surface area contributed by atoms with Crippen molar-refractivity contribution in [3.8, 4) is 5.75 Å². The zero-order valence-corrected chi connectivity index (χ0v) is 15.2. The summed E-state index contributed by atoms with van der Waals surface area (Å²) in [6.07, 6.45) is 0.910. The van der Waals surface area contributed by atoms with Crippen molar-refractivity contribution in [1.29, 1.82) is 0 Å². The van der Waals surface area contributed by atoms with Crippen LogP contribution in [0.15, 0.2) is 47.3 Å². The highest BCUT2D eigenvalue weighted by atomic mass is 35.5. The molecule has 0 aliphatic rings. The maximum atomic E-state index is 12.2. The second-order valence-corrected chi connectivity index (χ2v) is 6.97. The Morgan fingerprint density at radius 2 is 2.08 bits per heavy atom. The van der Waals surface area contributed by atoms with Crippen LogP contribution < -0.4 is 15.6 Å². The number of carbonyl (C=O) groups excluding carboxylic acids is 1. The van der Waals surface area contributed by atoms with Crippen molar-refractivity contribution in [3.05, 3.63) is 57.8 Å². The average Bonchev–Trinajstić information content (AvgIpc) is 2.92. The molecule has 0 aliphatic heterocycles. The number of nitrogens with zero attached hydrogens (tertiary/aromatic N) is 1. The first-order chi connectivity index (χ1) is 12.1. The zero-order valence-electron chi connectivity index (χ0n) is 13.6. The van der Waals surface area contributed by atoms with Crippen molar-refractivity contribution in [1.82, 2.24) is 3.96 Å². The lowest BCUT2D eigenvalue weighted by Crippen LogP contribution is -2.16. The van der Waals surface area contributed by atoms with Gasteiger partial charge in [0.15, 0.2) is 0 Å². The van der Waals surface area contributed by atoms with Crippen molar-refractivity contribution in [2.24, 2.45) is 0 Å². The maximum Gasteiger partial charge on any atom is 0.268 e. The Hall–Kier alpha value is -2.31. The SMILES string of the molecule is COc1ccc(NC(=O)CCCn2sc3ccccc3c2=O)cc1Cl. The summed E-state index contributed by atoms with van der Waals surface area (Å²) in [4.78, 5) is 24.3. The first kappa shape index (κ1) is 17.5. The first-order valence-electron chi connectivity index (χ1n) is 7.81. The van der Waals surface area contributed by atoms with Crippen LogP contribution in [-0.4, -0.2) is 17.0 Å². The van der Waals surface area contributed by atoms with Crippen molar-refractivity contribution >= 4 is 44.8 Å². The average molecular weight is 377 g/mol. The first-order valence-corrected chi connectivity index (χ1v) is 8.96. The second kappa shape index (κ2) is 7.72. The van der Waals surface area contributed by atoms with Crippen LogP contribution in [0.25, 0.3) is 10.1 Å². The lowest BCUT2D eigenvalue weighted by atomic mass is 10.2. The summed E-state index contributed by atoms with van der Waals surface area (Å²) in [5.74, 6) is 0.444. The van der Waals surface area contributed by atoms with Gasteiger partial charge in [0.2, 0.25) is 5.91 Å². The Balaban J connectivity index is 1.56. The number of anilines is 1. The minimum absolute atomic E-state index is 0.00273. The van der Waals surface area contributed by atoms with E-state index < -0.39 is 0 Å². The van der Waals surface area contributed by atoms with E-state index in [0.717, 1.165) is 10.1 Å². The molecule has 130 valence electrons. The van der Waals surface area contributed by atoms with Gasteiger partial charge in [0.05, 0.1) is 22.2 Å². The number of rotatable bonds is 6. The predicted octanol–water partition coefficient (Wildman–Crippen LogP) is 4.14. The highest BCUT2D eigenvalue weighted by Crippen LogP contribution is 2.27. The van der Waals surface area contributed by atoms with Crippen LogP contribution >= 0.6 is 23.1 Å². The number of hydrogen-bond donors (Lipinski definition) is 1. The fourth-order valence-corrected chi connectivity index (χ4v) is 3.81. The van der Waals surface area contributed by atoms with Gasteiger partial charge in [-0.2, -0.15) is 0 Å². The Bertz CT molecular complexity index is 964. The smallest absolute Gasteiger partial charge is 0.268 e. The molecule has 1 N–H and O–H groups in total. The molecule has 5 nitrogen and oxygen atoms in total. The van der Waals surface area contributed by atoms with E-state index in [1.165, 1.54) is 18.6 Å². The van der Waals surface area contributed by atoms with Crippen LogP contribution in [0.2, 0.25) is 5.02 Å². The summed E-state index contributed by atoms with van der Waals surface area (Å²) in [6.45, 7) is 0.523. The van der Waals surface area contributed by atoms with Gasteiger partial charge in [-0.1, -0.05) is 35.3 Å². The van der Waals surface area contributed by atoms with Crippen LogP contribution in [0.4, 0.5) is 5.69 Å². The van der Waals surface area contributed by atoms with Gasteiger partial charge in [-0.05, 0) is 36.8 Å². The van der Waals surface area contributed by atoms with E-state index in [1.54, 1.807) is 22.2 Å². The summed E-state index contributed by atoms with van der Waals surface area (Å²) in [7, 11) is 1.54. The van der Waals surface area contributed by atoms with E-state index in [0.29, 0.717) is 35.8 Å². The highest BCUT2D eigenvalue weighted by Gasteiger charge is 2.09. The van der Waals surface area contributed by atoms with Crippen LogP contribution in [0.1, 0.15) is 12.8 Å². The molecule has 0 unspecified atom stereocenters. The van der Waals surface area contributed by atoms with E-state index >= 15 is 0 Å². The predicted molar refractivity (Wildman–Crippen MR) is 102 cm³/mol. The Morgan fingerprint density at radius 1 is 1.28 bits per heavy atom. The number of methoxy groups -OCH3 is 1. The van der Waals surface area contributed by atoms with E-state index in [9.17, 15) is 9.59 Å². The van der Waals surface area contributed by atoms with Gasteiger partial charge in [-0.25, -0.2) is 0 Å². The number of fused-ring (bicyclic) bond motifs is 1. The normalized spacial score (nSPS) is 10.8. The molecule has 0 saturated heterocycles. The Labute approximate surface area is 153 Å². The van der Waals surface area contributed by atoms with E-state index in [4.69, 9.17) is 16.3 Å². The summed E-state index contributed by atoms with van der Waals surface area (Å²) in [6, 6.07) is 12.6. The van der Waals surface area contributed by atoms with E-state index in [2.05, 4.69) is 5.32 Å². The highest BCUT2D eigenvalue weighted by molar-refractivity contribution is 7.13. The standard InChI is InChI=1S/C18H17ClN2O3S/c1-24-15-9-8-12(11-14(15)19)20-17(22)7-4-10-21-18(23)13-5-2-3-6-16(13)25-21/h2-3,5-6,8-9,11H,4,7,10H2,1H3,(H,20,22). The largest absolute Gasteiger partial charge is 0.495 e. The molecule has 25 heavy (non-hydrogen) atoms. The van der Waals surface area contributed by atoms with Gasteiger partial charge in [-0.15, -0.1) is 0 Å². The molecular weight excluding hydrogens is 360 g/mol. The molecule has 7 heteroatoms. The summed E-state index contributed by atoms with van der Waals surface area (Å²) in [5, 5.41) is 3.97. The number of carbonyl (C=O) groups is 1. The van der Waals surface area contributed by atoms with E-state index in [-0.39, 0.29) is 11.5 Å². The van der Waals surface area contributed by atoms with Crippen molar-refractivity contribution < 1.29 is 9.53 Å². The molecular formula is C18H17ClN2O3S. The molecule has 0 saturated carbocycles. The van der Waals surface area contributed by atoms with Crippen LogP contribution in [0.5, 0.6) is 5.75 Å². The lowest BCUT2D eigenvalue weighted by molar-refractivity contribution is -0.116. The van der Waals surface area contributed by atoms with E-state index in [1.807, 2.05) is 24.3 Å². The number of hydrogen-bond acceptors (Lipinski definition) is 4. The topological polar surface area (TPSA) is 60.3 Å². The summed E-state index contributed by atoms with van der Waals surface area (Å²) >= 11 is 7.47. The molecule has 3 aromatic rings. The summed E-state index contributed by atoms with van der Waals surface area (Å²) in [5.41, 5.74) is 0.623. The molecule has 0 fully saturated rings. The van der Waals surface area contributed by atoms with Gasteiger partial charge in [0.25, 0.3) is 5.56 Å². The monoisotopic (exact) mass is 376 g/mol. The van der Waals surface area contributed by atoms with Crippen LogP contribution in [-0.2, 0) is 11.3 Å². The van der Waals surface area contributed by atoms with Gasteiger partial charge in [-0.3, -0.25) is 13.5 Å². The molecule has 1 heterocycles. The molecule has 1 amide bonds. The number of halogens is 1. The maximum absolute atomic E-state index is 12.2. The van der Waals surface area contributed by atoms with Crippen LogP contribution in [0, 0.1) is 0 Å². The third-order valence-electron chi connectivity index (χ3n) is 3.75. The number of benzene rings is 2. The minimum atomic E-state index is -0.115. The molecule has 3 rings (SSSR count). The zero-order chi connectivity index (χ0) is 17.8. The van der Waals surface area contributed by atoms with Gasteiger partial charge < -0.3 is 10.1 Å². The summed E-state index contributed by atoms with van der Waals surface area (Å²) < 4.78 is 7.74. The molecule has 1 aromatic heterocycles. The van der Waals surface area contributed by atoms with Crippen LogP contribution in [0.3, 0.4) is 0 Å². The molecule has 0 atom stereocenters. The Kier molecular flexibility index (Phi) is 5.40. The third kappa shape index (κ3) is 4.03. The number of aromatic nitrogens is 1. The molecule has 0 aliphatic carbocycles. The molecule has 0 bridgehead atoms.